The van der Waals surface area contributed by atoms with Crippen LogP contribution in [0.15, 0.2) is 12.1 Å². The summed E-state index contributed by atoms with van der Waals surface area (Å²) in [6.45, 7) is 3.07. The van der Waals surface area contributed by atoms with Gasteiger partial charge in [0.1, 0.15) is 0 Å². The molecular weight excluding hydrogens is 712 g/mol. The van der Waals surface area contributed by atoms with E-state index in [1.54, 1.807) is 0 Å². The summed E-state index contributed by atoms with van der Waals surface area (Å²) in [6, 6.07) is -3.13. The van der Waals surface area contributed by atoms with E-state index in [2.05, 4.69) is 31.3 Å². The van der Waals surface area contributed by atoms with E-state index in [4.69, 9.17) is 0 Å². The molecule has 0 aliphatic heterocycles. The minimum Gasteiger partial charge on any atom is -0.398 e. The minimum atomic E-state index is -7.02. The van der Waals surface area contributed by atoms with Crippen molar-refractivity contribution in [2.45, 2.75) is 76.8 Å². The third-order valence-corrected chi connectivity index (χ3v) is 10.8. The summed E-state index contributed by atoms with van der Waals surface area (Å²) in [5, 5.41) is 0. The second kappa shape index (κ2) is 17.1. The van der Waals surface area contributed by atoms with Crippen LogP contribution in [0.1, 0.15) is 41.5 Å². The van der Waals surface area contributed by atoms with Crippen molar-refractivity contribution in [3.8, 4) is 0 Å². The number of hydrogen-bond donors (Lipinski definition) is 0. The van der Waals surface area contributed by atoms with Crippen molar-refractivity contribution in [1.82, 2.24) is 0 Å². The Morgan fingerprint density at radius 2 is 0.711 bits per heavy atom. The fourth-order valence-electron chi connectivity index (χ4n) is 2.89. The average molecular weight is 743 g/mol. The van der Waals surface area contributed by atoms with E-state index < -0.39 is 105 Å². The molecule has 0 rings (SSSR count). The van der Waals surface area contributed by atoms with Gasteiger partial charge in [0.2, 0.25) is 0 Å². The van der Waals surface area contributed by atoms with E-state index in [0.29, 0.717) is 0 Å². The third kappa shape index (κ3) is 9.59. The maximum absolute atomic E-state index is 14.1. The standard InChI is InChI=1S/C10H15F9O3Si.C10H15F7O4Si/c1-4-20-23(21-5-2,22-6-3)10(18,19)8(13,14)7(11,12)9(15,16)17;1-4-18-22(19-5-2,20-6-3)10(16,17)9(14,15)21-8(13)7(11)12/h4-6H2,1-3H3;4-6H2,1-3H3. The summed E-state index contributed by atoms with van der Waals surface area (Å²) in [4.78, 5) is 0. The molecule has 0 bridgehead atoms. The van der Waals surface area contributed by atoms with Gasteiger partial charge < -0.3 is 31.3 Å². The molecule has 0 heterocycles. The van der Waals surface area contributed by atoms with Gasteiger partial charge in [-0.15, -0.1) is 0 Å². The number of ether oxygens (including phenoxy) is 1. The minimum absolute atomic E-state index is 0.492. The van der Waals surface area contributed by atoms with E-state index in [-0.39, 0.29) is 0 Å². The number of rotatable bonds is 19. The molecule has 25 heteroatoms. The molecule has 0 unspecified atom stereocenters. The topological polar surface area (TPSA) is 64.6 Å². The van der Waals surface area contributed by atoms with Gasteiger partial charge in [0.15, 0.2) is 0 Å². The van der Waals surface area contributed by atoms with Gasteiger partial charge in [-0.3, -0.25) is 0 Å². The molecule has 0 saturated carbocycles. The lowest BCUT2D eigenvalue weighted by molar-refractivity contribution is -0.389. The summed E-state index contributed by atoms with van der Waals surface area (Å²) in [5.41, 5.74) is -11.3. The van der Waals surface area contributed by atoms with Crippen LogP contribution in [0.2, 0.25) is 0 Å². The Morgan fingerprint density at radius 1 is 0.444 bits per heavy atom. The third-order valence-electron chi connectivity index (χ3n) is 4.65. The lowest BCUT2D eigenvalue weighted by Crippen LogP contribution is -2.74. The Morgan fingerprint density at radius 3 is 0.933 bits per heavy atom. The first-order valence-corrected chi connectivity index (χ1v) is 15.8. The molecule has 0 aliphatic carbocycles. The molecular formula is C20H30F16O7Si2. The molecule has 272 valence electrons. The first-order chi connectivity index (χ1) is 20.2. The van der Waals surface area contributed by atoms with Gasteiger partial charge in [-0.2, -0.15) is 70.2 Å². The first-order valence-electron chi connectivity index (χ1n) is 12.4. The van der Waals surface area contributed by atoms with Crippen molar-refractivity contribution < 1.29 is 102 Å². The molecule has 0 saturated heterocycles. The zero-order valence-corrected chi connectivity index (χ0v) is 26.1. The van der Waals surface area contributed by atoms with E-state index in [1.165, 1.54) is 20.8 Å². The molecule has 0 radical (unpaired) electrons. The zero-order chi connectivity index (χ0) is 36.3. The summed E-state index contributed by atoms with van der Waals surface area (Å²) >= 11 is 0. The Labute approximate surface area is 248 Å². The molecule has 0 fully saturated rings. The van der Waals surface area contributed by atoms with E-state index >= 15 is 0 Å². The molecule has 45 heavy (non-hydrogen) atoms. The lowest BCUT2D eigenvalue weighted by atomic mass is 10.1. The predicted molar refractivity (Wildman–Crippen MR) is 123 cm³/mol. The maximum Gasteiger partial charge on any atom is 0.587 e. The van der Waals surface area contributed by atoms with Crippen molar-refractivity contribution in [3.05, 3.63) is 12.1 Å². The van der Waals surface area contributed by atoms with Crippen molar-refractivity contribution in [2.24, 2.45) is 0 Å². The van der Waals surface area contributed by atoms with Crippen LogP contribution in [0.3, 0.4) is 0 Å². The summed E-state index contributed by atoms with van der Waals surface area (Å²) in [6.07, 6.45) is -15.9. The lowest BCUT2D eigenvalue weighted by Gasteiger charge is -2.40. The molecule has 0 N–H and O–H groups in total. The summed E-state index contributed by atoms with van der Waals surface area (Å²) < 4.78 is 238. The second-order valence-electron chi connectivity index (χ2n) is 7.66. The van der Waals surface area contributed by atoms with Gasteiger partial charge in [-0.05, 0) is 41.5 Å². The molecule has 7 nitrogen and oxygen atoms in total. The van der Waals surface area contributed by atoms with Gasteiger partial charge in [-0.1, -0.05) is 0 Å². The van der Waals surface area contributed by atoms with Crippen LogP contribution in [-0.2, 0) is 31.3 Å². The molecule has 0 aromatic heterocycles. The summed E-state index contributed by atoms with van der Waals surface area (Å²) in [7, 11) is -11.3. The van der Waals surface area contributed by atoms with Crippen molar-refractivity contribution in [1.29, 1.82) is 0 Å². The Bertz CT molecular complexity index is 880. The van der Waals surface area contributed by atoms with Gasteiger partial charge in [0.05, 0.1) is 0 Å². The maximum atomic E-state index is 14.1. The molecule has 0 aromatic rings. The number of alkyl halides is 13. The van der Waals surface area contributed by atoms with Crippen LogP contribution in [0.25, 0.3) is 0 Å². The average Bonchev–Trinajstić information content (AvgIpc) is 2.88. The fraction of sp³-hybridized carbons (Fsp3) is 0.900. The Balaban J connectivity index is 0. The SMILES string of the molecule is CCO[Si](OCC)(OCC)C(F)(F)C(F)(F)C(F)(F)C(F)(F)F.CCO[Si](OCC)(OCC)C(F)(F)C(F)(F)OC(F)=C(F)F. The highest BCUT2D eigenvalue weighted by Crippen LogP contribution is 2.56. The largest absolute Gasteiger partial charge is 0.587 e. The van der Waals surface area contributed by atoms with Gasteiger partial charge >= 0.3 is 64.9 Å². The van der Waals surface area contributed by atoms with Crippen molar-refractivity contribution in [2.75, 3.05) is 39.6 Å². The highest BCUT2D eigenvalue weighted by atomic mass is 28.4. The van der Waals surface area contributed by atoms with Crippen LogP contribution in [-0.4, -0.2) is 92.5 Å². The van der Waals surface area contributed by atoms with Crippen LogP contribution < -0.4 is 0 Å². The van der Waals surface area contributed by atoms with Crippen molar-refractivity contribution >= 4 is 17.6 Å². The number of hydrogen-bond acceptors (Lipinski definition) is 7. The molecule has 0 aromatic carbocycles. The number of halogens is 16. The summed E-state index contributed by atoms with van der Waals surface area (Å²) in [5.74, 6) is -13.9. The van der Waals surface area contributed by atoms with Crippen LogP contribution in [0.4, 0.5) is 70.2 Å². The van der Waals surface area contributed by atoms with Gasteiger partial charge in [0, 0.05) is 39.6 Å². The first kappa shape index (κ1) is 45.7. The van der Waals surface area contributed by atoms with Crippen LogP contribution in [0, 0.1) is 0 Å². The monoisotopic (exact) mass is 742 g/mol. The molecule has 0 spiro atoms. The highest BCUT2D eigenvalue weighted by molar-refractivity contribution is 6.64. The highest BCUT2D eigenvalue weighted by Gasteiger charge is 2.89. The zero-order valence-electron chi connectivity index (χ0n) is 24.1. The smallest absolute Gasteiger partial charge is 0.398 e. The van der Waals surface area contributed by atoms with Crippen LogP contribution in [0.5, 0.6) is 0 Å². The van der Waals surface area contributed by atoms with Gasteiger partial charge in [-0.25, -0.2) is 0 Å². The Hall–Kier alpha value is -1.39. The van der Waals surface area contributed by atoms with E-state index in [1.807, 2.05) is 0 Å². The Kier molecular flexibility index (Phi) is 17.4. The molecule has 0 atom stereocenters. The van der Waals surface area contributed by atoms with Crippen molar-refractivity contribution in [3.63, 3.8) is 0 Å². The molecule has 0 aliphatic rings. The predicted octanol–water partition coefficient (Wildman–Crippen LogP) is 7.90. The fourth-order valence-corrected chi connectivity index (χ4v) is 7.71. The second-order valence-corrected chi connectivity index (χ2v) is 12.9. The normalized spacial score (nSPS) is 14.2. The van der Waals surface area contributed by atoms with E-state index in [0.717, 1.165) is 20.8 Å². The quantitative estimate of drug-likeness (QED) is 0.0758. The van der Waals surface area contributed by atoms with Crippen LogP contribution >= 0.6 is 0 Å². The van der Waals surface area contributed by atoms with E-state index in [9.17, 15) is 70.2 Å². The van der Waals surface area contributed by atoms with Gasteiger partial charge in [0.25, 0.3) is 0 Å². The molecule has 0 amide bonds.